The second-order valence-electron chi connectivity index (χ2n) is 5.54. The summed E-state index contributed by atoms with van der Waals surface area (Å²) in [4.78, 5) is 12.1. The van der Waals surface area contributed by atoms with Crippen LogP contribution in [-0.2, 0) is 4.74 Å². The van der Waals surface area contributed by atoms with E-state index >= 15 is 0 Å². The van der Waals surface area contributed by atoms with Crippen molar-refractivity contribution < 1.29 is 23.0 Å². The van der Waals surface area contributed by atoms with Crippen molar-refractivity contribution in [3.63, 3.8) is 0 Å². The van der Waals surface area contributed by atoms with Crippen LogP contribution in [0.25, 0.3) is 11.1 Å². The van der Waals surface area contributed by atoms with Crippen molar-refractivity contribution in [3.05, 3.63) is 53.6 Å². The quantitative estimate of drug-likeness (QED) is 0.672. The molecule has 1 amide bonds. The van der Waals surface area contributed by atoms with E-state index in [2.05, 4.69) is 10.6 Å². The van der Waals surface area contributed by atoms with Crippen LogP contribution < -0.4 is 15.4 Å². The number of methoxy groups -OCH3 is 2. The lowest BCUT2D eigenvalue weighted by Crippen LogP contribution is -2.33. The molecule has 0 saturated heterocycles. The summed E-state index contributed by atoms with van der Waals surface area (Å²) in [5, 5.41) is 5.70. The van der Waals surface area contributed by atoms with Crippen molar-refractivity contribution in [2.75, 3.05) is 40.5 Å². The molecular weight excluding hydrogens is 342 g/mol. The summed E-state index contributed by atoms with van der Waals surface area (Å²) in [6, 6.07) is 8.34. The van der Waals surface area contributed by atoms with E-state index in [1.807, 2.05) is 0 Å². The lowest BCUT2D eigenvalue weighted by Gasteiger charge is -2.10. The molecule has 2 aromatic rings. The Bertz CT molecular complexity index is 754. The average Bonchev–Trinajstić information content (AvgIpc) is 2.64. The predicted octanol–water partition coefficient (Wildman–Crippen LogP) is 2.61. The van der Waals surface area contributed by atoms with Gasteiger partial charge in [-0.15, -0.1) is 0 Å². The molecule has 0 atom stereocenters. The fourth-order valence-electron chi connectivity index (χ4n) is 2.38. The monoisotopic (exact) mass is 364 g/mol. The Morgan fingerprint density at radius 1 is 1.00 bits per heavy atom. The summed E-state index contributed by atoms with van der Waals surface area (Å²) in [6.45, 7) is 2.15. The fraction of sp³-hybridized carbons (Fsp3) is 0.316. The lowest BCUT2D eigenvalue weighted by molar-refractivity contribution is 0.0949. The first kappa shape index (κ1) is 19.8. The van der Waals surface area contributed by atoms with Gasteiger partial charge in [0.05, 0.1) is 19.3 Å². The van der Waals surface area contributed by atoms with E-state index in [0.717, 1.165) is 6.07 Å². The zero-order valence-corrected chi connectivity index (χ0v) is 14.8. The van der Waals surface area contributed by atoms with Gasteiger partial charge in [0.1, 0.15) is 17.4 Å². The number of carbonyl (C=O) groups is 1. The minimum Gasteiger partial charge on any atom is -0.497 e. The van der Waals surface area contributed by atoms with Gasteiger partial charge in [0.2, 0.25) is 0 Å². The first-order valence-corrected chi connectivity index (χ1v) is 8.18. The van der Waals surface area contributed by atoms with E-state index < -0.39 is 17.5 Å². The number of rotatable bonds is 9. The molecule has 140 valence electrons. The van der Waals surface area contributed by atoms with Crippen LogP contribution in [0, 0.1) is 11.6 Å². The van der Waals surface area contributed by atoms with Crippen LogP contribution in [-0.4, -0.2) is 46.4 Å². The molecule has 0 saturated carbocycles. The molecule has 5 nitrogen and oxygen atoms in total. The Hall–Kier alpha value is -2.51. The summed E-state index contributed by atoms with van der Waals surface area (Å²) in [5.74, 6) is -1.37. The zero-order chi connectivity index (χ0) is 18.9. The summed E-state index contributed by atoms with van der Waals surface area (Å²) in [7, 11) is 3.04. The van der Waals surface area contributed by atoms with Gasteiger partial charge in [0.15, 0.2) is 0 Å². The summed E-state index contributed by atoms with van der Waals surface area (Å²) >= 11 is 0. The van der Waals surface area contributed by atoms with E-state index in [1.54, 1.807) is 13.2 Å². The van der Waals surface area contributed by atoms with Crippen molar-refractivity contribution in [2.24, 2.45) is 0 Å². The van der Waals surface area contributed by atoms with Crippen LogP contribution in [0.4, 0.5) is 8.78 Å². The smallest absolute Gasteiger partial charge is 0.254 e. The molecule has 26 heavy (non-hydrogen) atoms. The lowest BCUT2D eigenvalue weighted by atomic mass is 10.0. The van der Waals surface area contributed by atoms with Gasteiger partial charge in [-0.05, 0) is 29.8 Å². The van der Waals surface area contributed by atoms with Gasteiger partial charge in [-0.1, -0.05) is 6.07 Å². The average molecular weight is 364 g/mol. The normalized spacial score (nSPS) is 10.6. The molecule has 0 spiro atoms. The maximum Gasteiger partial charge on any atom is 0.254 e. The topological polar surface area (TPSA) is 59.6 Å². The molecule has 0 aromatic heterocycles. The highest BCUT2D eigenvalue weighted by Gasteiger charge is 2.14. The Labute approximate surface area is 151 Å². The molecule has 2 rings (SSSR count). The molecule has 0 unspecified atom stereocenters. The van der Waals surface area contributed by atoms with E-state index in [9.17, 15) is 13.6 Å². The Balaban J connectivity index is 2.01. The van der Waals surface area contributed by atoms with Crippen molar-refractivity contribution in [1.29, 1.82) is 0 Å². The van der Waals surface area contributed by atoms with Crippen LogP contribution >= 0.6 is 0 Å². The van der Waals surface area contributed by atoms with Gasteiger partial charge < -0.3 is 20.1 Å². The SMILES string of the molecule is COCCNCCNC(=O)c1ccc(-c2ccc(OC)cc2F)cc1F. The summed E-state index contributed by atoms with van der Waals surface area (Å²) < 4.78 is 38.2. The van der Waals surface area contributed by atoms with Gasteiger partial charge in [-0.2, -0.15) is 0 Å². The number of amides is 1. The molecule has 0 aliphatic heterocycles. The van der Waals surface area contributed by atoms with E-state index in [4.69, 9.17) is 9.47 Å². The maximum absolute atomic E-state index is 14.3. The van der Waals surface area contributed by atoms with Gasteiger partial charge >= 0.3 is 0 Å². The third-order valence-corrected chi connectivity index (χ3v) is 3.77. The molecule has 0 radical (unpaired) electrons. The molecular formula is C19H22F2N2O3. The summed E-state index contributed by atoms with van der Waals surface area (Å²) in [6.07, 6.45) is 0. The van der Waals surface area contributed by atoms with Gasteiger partial charge in [-0.25, -0.2) is 8.78 Å². The van der Waals surface area contributed by atoms with Crippen molar-refractivity contribution >= 4 is 5.91 Å². The van der Waals surface area contributed by atoms with Gasteiger partial charge in [0.25, 0.3) is 5.91 Å². The first-order chi connectivity index (χ1) is 12.6. The predicted molar refractivity (Wildman–Crippen MR) is 95.4 cm³/mol. The van der Waals surface area contributed by atoms with Crippen LogP contribution in [0.1, 0.15) is 10.4 Å². The number of hydrogen-bond acceptors (Lipinski definition) is 4. The largest absolute Gasteiger partial charge is 0.497 e. The highest BCUT2D eigenvalue weighted by atomic mass is 19.1. The molecule has 0 aliphatic rings. The molecule has 0 fully saturated rings. The third kappa shape index (κ3) is 5.24. The van der Waals surface area contributed by atoms with Crippen LogP contribution in [0.5, 0.6) is 5.75 Å². The van der Waals surface area contributed by atoms with Crippen LogP contribution in [0.2, 0.25) is 0 Å². The first-order valence-electron chi connectivity index (χ1n) is 8.18. The number of halogens is 2. The maximum atomic E-state index is 14.3. The molecule has 0 aliphatic carbocycles. The van der Waals surface area contributed by atoms with Crippen molar-refractivity contribution in [3.8, 4) is 16.9 Å². The zero-order valence-electron chi connectivity index (χ0n) is 14.8. The second kappa shape index (κ2) is 9.84. The number of hydrogen-bond donors (Lipinski definition) is 2. The third-order valence-electron chi connectivity index (χ3n) is 3.77. The van der Waals surface area contributed by atoms with Crippen molar-refractivity contribution in [1.82, 2.24) is 10.6 Å². The van der Waals surface area contributed by atoms with E-state index in [-0.39, 0.29) is 11.1 Å². The molecule has 7 heteroatoms. The Kier molecular flexibility index (Phi) is 7.50. The fourth-order valence-corrected chi connectivity index (χ4v) is 2.38. The minimum atomic E-state index is -0.706. The molecule has 0 heterocycles. The van der Waals surface area contributed by atoms with E-state index in [1.165, 1.54) is 31.4 Å². The van der Waals surface area contributed by atoms with Crippen LogP contribution in [0.3, 0.4) is 0 Å². The number of benzene rings is 2. The second-order valence-corrected chi connectivity index (χ2v) is 5.54. The molecule has 2 aromatic carbocycles. The highest BCUT2D eigenvalue weighted by molar-refractivity contribution is 5.95. The summed E-state index contributed by atoms with van der Waals surface area (Å²) in [5.41, 5.74) is 0.499. The van der Waals surface area contributed by atoms with Gasteiger partial charge in [-0.3, -0.25) is 4.79 Å². The Morgan fingerprint density at radius 2 is 1.81 bits per heavy atom. The van der Waals surface area contributed by atoms with Gasteiger partial charge in [0, 0.05) is 38.4 Å². The molecule has 0 bridgehead atoms. The number of ether oxygens (including phenoxy) is 2. The number of nitrogens with one attached hydrogen (secondary N) is 2. The number of carbonyl (C=O) groups excluding carboxylic acids is 1. The van der Waals surface area contributed by atoms with Crippen molar-refractivity contribution in [2.45, 2.75) is 0 Å². The minimum absolute atomic E-state index is 0.0837. The molecule has 2 N–H and O–H groups in total. The van der Waals surface area contributed by atoms with Crippen LogP contribution in [0.15, 0.2) is 36.4 Å². The highest BCUT2D eigenvalue weighted by Crippen LogP contribution is 2.27. The standard InChI is InChI=1S/C19H22F2N2O3/c1-25-10-9-22-7-8-23-19(24)16-5-3-13(11-17(16)20)15-6-4-14(26-2)12-18(15)21/h3-6,11-12,22H,7-10H2,1-2H3,(H,23,24). The Morgan fingerprint density at radius 3 is 2.46 bits per heavy atom. The van der Waals surface area contributed by atoms with E-state index in [0.29, 0.717) is 37.6 Å².